The lowest BCUT2D eigenvalue weighted by Gasteiger charge is -2.15. The van der Waals surface area contributed by atoms with Crippen molar-refractivity contribution >= 4 is 22.2 Å². The summed E-state index contributed by atoms with van der Waals surface area (Å²) in [6, 6.07) is 6.45. The lowest BCUT2D eigenvalue weighted by molar-refractivity contribution is 0.104. The van der Waals surface area contributed by atoms with Gasteiger partial charge in [-0.3, -0.25) is 0 Å². The Morgan fingerprint density at radius 3 is 2.25 bits per heavy atom. The van der Waals surface area contributed by atoms with Crippen LogP contribution >= 0.6 is 12.4 Å². The third-order valence-electron chi connectivity index (χ3n) is 2.46. The van der Waals surface area contributed by atoms with Gasteiger partial charge in [-0.2, -0.15) is 0 Å². The molecule has 2 N–H and O–H groups in total. The Morgan fingerprint density at radius 2 is 1.80 bits per heavy atom. The van der Waals surface area contributed by atoms with Crippen LogP contribution in [0.2, 0.25) is 0 Å². The van der Waals surface area contributed by atoms with E-state index in [1.807, 2.05) is 13.8 Å². The molecule has 20 heavy (non-hydrogen) atoms. The van der Waals surface area contributed by atoms with Gasteiger partial charge in [-0.1, -0.05) is 13.8 Å². The molecule has 1 atom stereocenters. The summed E-state index contributed by atoms with van der Waals surface area (Å²) < 4.78 is 27.9. The monoisotopic (exact) mass is 323 g/mol. The van der Waals surface area contributed by atoms with Crippen LogP contribution in [0.25, 0.3) is 0 Å². The Labute approximate surface area is 126 Å². The van der Waals surface area contributed by atoms with Gasteiger partial charge < -0.3 is 15.2 Å². The number of hydrogen-bond donors (Lipinski definition) is 2. The normalized spacial score (nSPS) is 12.8. The minimum atomic E-state index is -3.18. The molecular weight excluding hydrogens is 302 g/mol. The van der Waals surface area contributed by atoms with Crippen LogP contribution in [0, 0.1) is 0 Å². The highest BCUT2D eigenvalue weighted by atomic mass is 35.5. The van der Waals surface area contributed by atoms with E-state index in [0.29, 0.717) is 18.3 Å². The van der Waals surface area contributed by atoms with Gasteiger partial charge in [-0.05, 0) is 24.3 Å². The maximum absolute atomic E-state index is 11.3. The summed E-state index contributed by atoms with van der Waals surface area (Å²) in [6.07, 6.45) is 0.557. The second-order valence-electron chi connectivity index (χ2n) is 4.77. The molecule has 0 fully saturated rings. The molecule has 0 radical (unpaired) electrons. The minimum absolute atomic E-state index is 0. The van der Waals surface area contributed by atoms with Crippen molar-refractivity contribution in [1.82, 2.24) is 5.32 Å². The SMILES string of the molecule is CC(C)NCC(O)COc1ccc(S(C)(=O)=O)cc1.Cl. The van der Waals surface area contributed by atoms with Gasteiger partial charge in [-0.25, -0.2) is 8.42 Å². The van der Waals surface area contributed by atoms with Gasteiger partial charge in [0.25, 0.3) is 0 Å². The van der Waals surface area contributed by atoms with Crippen LogP contribution in [-0.4, -0.2) is 45.1 Å². The largest absolute Gasteiger partial charge is 0.491 e. The van der Waals surface area contributed by atoms with Gasteiger partial charge in [0.05, 0.1) is 4.90 Å². The van der Waals surface area contributed by atoms with Crippen molar-refractivity contribution in [3.63, 3.8) is 0 Å². The number of ether oxygens (including phenoxy) is 1. The van der Waals surface area contributed by atoms with Gasteiger partial charge in [0.1, 0.15) is 18.5 Å². The summed E-state index contributed by atoms with van der Waals surface area (Å²) in [5, 5.41) is 12.8. The van der Waals surface area contributed by atoms with Crippen molar-refractivity contribution in [2.75, 3.05) is 19.4 Å². The van der Waals surface area contributed by atoms with E-state index in [1.165, 1.54) is 12.1 Å². The van der Waals surface area contributed by atoms with Gasteiger partial charge in [-0.15, -0.1) is 12.4 Å². The number of rotatable bonds is 7. The quantitative estimate of drug-likeness (QED) is 0.790. The predicted octanol–water partition coefficient (Wildman–Crippen LogP) is 1.25. The highest BCUT2D eigenvalue weighted by molar-refractivity contribution is 7.90. The minimum Gasteiger partial charge on any atom is -0.491 e. The zero-order valence-electron chi connectivity index (χ0n) is 11.9. The van der Waals surface area contributed by atoms with Crippen molar-refractivity contribution in [3.05, 3.63) is 24.3 Å². The first kappa shape index (κ1) is 19.2. The first-order chi connectivity index (χ1) is 8.79. The fourth-order valence-corrected chi connectivity index (χ4v) is 2.04. The molecule has 0 aliphatic rings. The summed E-state index contributed by atoms with van der Waals surface area (Å²) in [5.74, 6) is 0.538. The second kappa shape index (κ2) is 8.46. The molecule has 1 aromatic rings. The van der Waals surface area contributed by atoms with Crippen molar-refractivity contribution in [2.24, 2.45) is 0 Å². The van der Waals surface area contributed by atoms with E-state index in [1.54, 1.807) is 12.1 Å². The first-order valence-electron chi connectivity index (χ1n) is 6.13. The number of aliphatic hydroxyl groups is 1. The molecule has 0 saturated carbocycles. The third-order valence-corrected chi connectivity index (χ3v) is 3.58. The van der Waals surface area contributed by atoms with Crippen LogP contribution < -0.4 is 10.1 Å². The molecular formula is C13H22ClNO4S. The maximum Gasteiger partial charge on any atom is 0.175 e. The molecule has 1 rings (SSSR count). The Morgan fingerprint density at radius 1 is 1.25 bits per heavy atom. The Hall–Kier alpha value is -0.820. The summed E-state index contributed by atoms with van der Waals surface area (Å²) in [5.41, 5.74) is 0. The van der Waals surface area contributed by atoms with E-state index in [4.69, 9.17) is 4.74 Å². The van der Waals surface area contributed by atoms with E-state index in [9.17, 15) is 13.5 Å². The highest BCUT2D eigenvalue weighted by Gasteiger charge is 2.08. The Kier molecular flexibility index (Phi) is 8.12. The molecule has 0 amide bonds. The van der Waals surface area contributed by atoms with Gasteiger partial charge in [0.2, 0.25) is 0 Å². The topological polar surface area (TPSA) is 75.6 Å². The number of aliphatic hydroxyl groups excluding tert-OH is 1. The molecule has 0 aliphatic carbocycles. The standard InChI is InChI=1S/C13H21NO4S.ClH/c1-10(2)14-8-11(15)9-18-12-4-6-13(7-5-12)19(3,16)17;/h4-7,10-11,14-15H,8-9H2,1-3H3;1H. The number of sulfone groups is 1. The Balaban J connectivity index is 0.00000361. The van der Waals surface area contributed by atoms with E-state index in [-0.39, 0.29) is 23.9 Å². The van der Waals surface area contributed by atoms with E-state index in [0.717, 1.165) is 6.26 Å². The molecule has 1 aromatic carbocycles. The van der Waals surface area contributed by atoms with E-state index >= 15 is 0 Å². The summed E-state index contributed by atoms with van der Waals surface area (Å²) in [4.78, 5) is 0.252. The Bertz CT molecular complexity index is 488. The van der Waals surface area contributed by atoms with Gasteiger partial charge in [0.15, 0.2) is 9.84 Å². The van der Waals surface area contributed by atoms with Crippen LogP contribution in [0.4, 0.5) is 0 Å². The second-order valence-corrected chi connectivity index (χ2v) is 6.79. The number of halogens is 1. The van der Waals surface area contributed by atoms with Crippen LogP contribution in [0.5, 0.6) is 5.75 Å². The van der Waals surface area contributed by atoms with Crippen molar-refractivity contribution in [2.45, 2.75) is 30.9 Å². The highest BCUT2D eigenvalue weighted by Crippen LogP contribution is 2.15. The van der Waals surface area contributed by atoms with E-state index in [2.05, 4.69) is 5.32 Å². The number of nitrogens with one attached hydrogen (secondary N) is 1. The maximum atomic E-state index is 11.3. The van der Waals surface area contributed by atoms with Crippen LogP contribution in [0.1, 0.15) is 13.8 Å². The molecule has 5 nitrogen and oxygen atoms in total. The summed E-state index contributed by atoms with van der Waals surface area (Å²) in [6.45, 7) is 4.62. The molecule has 0 heterocycles. The number of benzene rings is 1. The molecule has 1 unspecified atom stereocenters. The van der Waals surface area contributed by atoms with Crippen molar-refractivity contribution in [3.8, 4) is 5.75 Å². The number of hydrogen-bond acceptors (Lipinski definition) is 5. The van der Waals surface area contributed by atoms with Gasteiger partial charge >= 0.3 is 0 Å². The fourth-order valence-electron chi connectivity index (χ4n) is 1.41. The van der Waals surface area contributed by atoms with Crippen molar-refractivity contribution < 1.29 is 18.3 Å². The van der Waals surface area contributed by atoms with Gasteiger partial charge in [0, 0.05) is 18.8 Å². The van der Waals surface area contributed by atoms with E-state index < -0.39 is 15.9 Å². The molecule has 7 heteroatoms. The van der Waals surface area contributed by atoms with Crippen LogP contribution in [0.15, 0.2) is 29.2 Å². The summed E-state index contributed by atoms with van der Waals surface area (Å²) in [7, 11) is -3.18. The lowest BCUT2D eigenvalue weighted by atomic mass is 10.3. The molecule has 0 aromatic heterocycles. The van der Waals surface area contributed by atoms with Crippen LogP contribution in [0.3, 0.4) is 0 Å². The molecule has 0 aliphatic heterocycles. The molecule has 0 spiro atoms. The average molecular weight is 324 g/mol. The van der Waals surface area contributed by atoms with Crippen LogP contribution in [-0.2, 0) is 9.84 Å². The van der Waals surface area contributed by atoms with Crippen molar-refractivity contribution in [1.29, 1.82) is 0 Å². The summed E-state index contributed by atoms with van der Waals surface area (Å²) >= 11 is 0. The molecule has 116 valence electrons. The smallest absolute Gasteiger partial charge is 0.175 e. The zero-order valence-corrected chi connectivity index (χ0v) is 13.5. The average Bonchev–Trinajstić information content (AvgIpc) is 2.33. The first-order valence-corrected chi connectivity index (χ1v) is 8.02. The predicted molar refractivity (Wildman–Crippen MR) is 81.4 cm³/mol. The zero-order chi connectivity index (χ0) is 14.5. The lowest BCUT2D eigenvalue weighted by Crippen LogP contribution is -2.35. The molecule has 0 bridgehead atoms. The third kappa shape index (κ3) is 7.09. The fraction of sp³-hybridized carbons (Fsp3) is 0.538. The molecule has 0 saturated heterocycles.